The normalized spacial score (nSPS) is 26.2. The Bertz CT molecular complexity index is 539. The van der Waals surface area contributed by atoms with Crippen LogP contribution < -0.4 is 5.32 Å². The number of carbonyl (C=O) groups is 2. The molecule has 2 fully saturated rings. The molecule has 2 saturated carbocycles. The Morgan fingerprint density at radius 3 is 2.27 bits per heavy atom. The zero-order valence-corrected chi connectivity index (χ0v) is 12.7. The first kappa shape index (κ1) is 15.1. The topological polar surface area (TPSA) is 66.4 Å². The van der Waals surface area contributed by atoms with Gasteiger partial charge in [0.25, 0.3) is 0 Å². The number of aliphatic carboxylic acids is 1. The number of carboxylic acids is 1. The minimum absolute atomic E-state index is 0.0319. The number of rotatable bonds is 5. The Kier molecular flexibility index (Phi) is 4.46. The first-order valence-corrected chi connectivity index (χ1v) is 8.23. The molecule has 1 unspecified atom stereocenters. The van der Waals surface area contributed by atoms with Crippen molar-refractivity contribution in [2.45, 2.75) is 44.6 Å². The molecule has 0 heterocycles. The van der Waals surface area contributed by atoms with E-state index < -0.39 is 5.97 Å². The molecule has 3 atom stereocenters. The maximum Gasteiger partial charge on any atom is 0.306 e. The summed E-state index contributed by atoms with van der Waals surface area (Å²) in [7, 11) is 0. The third kappa shape index (κ3) is 3.16. The standard InChI is InChI=1S/C18H23NO3/c20-17(14-9-10-15(11-14)18(21)22)19-16(13-7-4-8-13)12-5-2-1-3-6-12/h1-3,5-6,13-16H,4,7-11H2,(H,19,20)(H,21,22)/t14-,15+,16?/m0/s1. The van der Waals surface area contributed by atoms with E-state index in [4.69, 9.17) is 5.11 Å². The van der Waals surface area contributed by atoms with Gasteiger partial charge in [-0.3, -0.25) is 9.59 Å². The van der Waals surface area contributed by atoms with Gasteiger partial charge in [-0.25, -0.2) is 0 Å². The average Bonchev–Trinajstić information content (AvgIpc) is 2.95. The van der Waals surface area contributed by atoms with E-state index in [2.05, 4.69) is 17.4 Å². The van der Waals surface area contributed by atoms with Crippen LogP contribution in [0.2, 0.25) is 0 Å². The third-order valence-corrected chi connectivity index (χ3v) is 5.23. The molecule has 1 aromatic rings. The van der Waals surface area contributed by atoms with Crippen LogP contribution in [0.5, 0.6) is 0 Å². The number of hydrogen-bond donors (Lipinski definition) is 2. The van der Waals surface area contributed by atoms with Crippen LogP contribution in [0.1, 0.15) is 50.1 Å². The van der Waals surface area contributed by atoms with Crippen molar-refractivity contribution in [3.8, 4) is 0 Å². The van der Waals surface area contributed by atoms with Gasteiger partial charge < -0.3 is 10.4 Å². The molecular weight excluding hydrogens is 278 g/mol. The van der Waals surface area contributed by atoms with Crippen LogP contribution >= 0.6 is 0 Å². The van der Waals surface area contributed by atoms with Crippen molar-refractivity contribution in [3.63, 3.8) is 0 Å². The van der Waals surface area contributed by atoms with Gasteiger partial charge in [-0.1, -0.05) is 36.8 Å². The zero-order chi connectivity index (χ0) is 15.5. The van der Waals surface area contributed by atoms with E-state index in [0.717, 1.165) is 18.4 Å². The molecule has 2 N–H and O–H groups in total. The number of carbonyl (C=O) groups excluding carboxylic acids is 1. The number of carboxylic acid groups (broad SMARTS) is 1. The van der Waals surface area contributed by atoms with Crippen LogP contribution in [0.25, 0.3) is 0 Å². The summed E-state index contributed by atoms with van der Waals surface area (Å²) in [6.45, 7) is 0. The molecule has 4 heteroatoms. The molecule has 2 aliphatic carbocycles. The Morgan fingerprint density at radius 1 is 1.05 bits per heavy atom. The Balaban J connectivity index is 1.66. The van der Waals surface area contributed by atoms with Gasteiger partial charge in [-0.15, -0.1) is 0 Å². The summed E-state index contributed by atoms with van der Waals surface area (Å²) >= 11 is 0. The van der Waals surface area contributed by atoms with E-state index in [1.165, 1.54) is 6.42 Å². The Labute approximate surface area is 130 Å². The first-order chi connectivity index (χ1) is 10.6. The third-order valence-electron chi connectivity index (χ3n) is 5.23. The fourth-order valence-electron chi connectivity index (χ4n) is 3.62. The largest absolute Gasteiger partial charge is 0.481 e. The maximum absolute atomic E-state index is 12.5. The van der Waals surface area contributed by atoms with Crippen LogP contribution in [-0.4, -0.2) is 17.0 Å². The molecule has 118 valence electrons. The molecule has 1 aromatic carbocycles. The van der Waals surface area contributed by atoms with Crippen molar-refractivity contribution in [1.82, 2.24) is 5.32 Å². The number of benzene rings is 1. The lowest BCUT2D eigenvalue weighted by molar-refractivity contribution is -0.141. The summed E-state index contributed by atoms with van der Waals surface area (Å²) in [5.74, 6) is -0.719. The molecule has 0 saturated heterocycles. The van der Waals surface area contributed by atoms with Crippen LogP contribution in [0.15, 0.2) is 30.3 Å². The van der Waals surface area contributed by atoms with Gasteiger partial charge in [-0.05, 0) is 43.6 Å². The van der Waals surface area contributed by atoms with E-state index in [9.17, 15) is 9.59 Å². The zero-order valence-electron chi connectivity index (χ0n) is 12.7. The van der Waals surface area contributed by atoms with Gasteiger partial charge in [0.2, 0.25) is 5.91 Å². The van der Waals surface area contributed by atoms with Gasteiger partial charge in [0.15, 0.2) is 0 Å². The highest BCUT2D eigenvalue weighted by Crippen LogP contribution is 2.39. The second kappa shape index (κ2) is 6.51. The van der Waals surface area contributed by atoms with Crippen molar-refractivity contribution in [3.05, 3.63) is 35.9 Å². The molecule has 3 rings (SSSR count). The van der Waals surface area contributed by atoms with E-state index in [0.29, 0.717) is 25.2 Å². The fraction of sp³-hybridized carbons (Fsp3) is 0.556. The number of amides is 1. The fourth-order valence-corrected chi connectivity index (χ4v) is 3.62. The molecule has 0 aromatic heterocycles. The summed E-state index contributed by atoms with van der Waals surface area (Å²) in [5, 5.41) is 12.3. The lowest BCUT2D eigenvalue weighted by Crippen LogP contribution is -2.39. The van der Waals surface area contributed by atoms with Crippen molar-refractivity contribution in [2.75, 3.05) is 0 Å². The SMILES string of the molecule is O=C(O)[C@@H]1CC[C@H](C(=O)NC(c2ccccc2)C2CCC2)C1. The molecule has 22 heavy (non-hydrogen) atoms. The molecule has 1 amide bonds. The van der Waals surface area contributed by atoms with Gasteiger partial charge in [0.05, 0.1) is 12.0 Å². The van der Waals surface area contributed by atoms with E-state index >= 15 is 0 Å². The highest BCUT2D eigenvalue weighted by molar-refractivity contribution is 5.81. The van der Waals surface area contributed by atoms with Crippen molar-refractivity contribution in [2.24, 2.45) is 17.8 Å². The van der Waals surface area contributed by atoms with Gasteiger partial charge in [0.1, 0.15) is 0 Å². The van der Waals surface area contributed by atoms with E-state index in [-0.39, 0.29) is 23.8 Å². The number of nitrogens with one attached hydrogen (secondary N) is 1. The van der Waals surface area contributed by atoms with Gasteiger partial charge in [0, 0.05) is 5.92 Å². The predicted octanol–water partition coefficient (Wildman–Crippen LogP) is 3.14. The monoisotopic (exact) mass is 301 g/mol. The Hall–Kier alpha value is -1.84. The minimum atomic E-state index is -0.770. The molecule has 4 nitrogen and oxygen atoms in total. The highest BCUT2D eigenvalue weighted by Gasteiger charge is 2.36. The maximum atomic E-state index is 12.5. The Morgan fingerprint density at radius 2 is 1.73 bits per heavy atom. The minimum Gasteiger partial charge on any atom is -0.481 e. The lowest BCUT2D eigenvalue weighted by atomic mass is 9.77. The quantitative estimate of drug-likeness (QED) is 0.878. The smallest absolute Gasteiger partial charge is 0.306 e. The molecule has 0 aliphatic heterocycles. The first-order valence-electron chi connectivity index (χ1n) is 8.23. The second-order valence-electron chi connectivity index (χ2n) is 6.63. The molecule has 0 bridgehead atoms. The summed E-state index contributed by atoms with van der Waals surface area (Å²) in [6.07, 6.45) is 5.33. The average molecular weight is 301 g/mol. The van der Waals surface area contributed by atoms with Crippen LogP contribution in [0, 0.1) is 17.8 Å². The molecule has 2 aliphatic rings. The van der Waals surface area contributed by atoms with Crippen LogP contribution in [0.3, 0.4) is 0 Å². The summed E-state index contributed by atoms with van der Waals surface area (Å²) < 4.78 is 0. The predicted molar refractivity (Wildman–Crippen MR) is 83.1 cm³/mol. The summed E-state index contributed by atoms with van der Waals surface area (Å²) in [6, 6.07) is 10.2. The number of hydrogen-bond acceptors (Lipinski definition) is 2. The summed E-state index contributed by atoms with van der Waals surface area (Å²) in [4.78, 5) is 23.6. The lowest BCUT2D eigenvalue weighted by Gasteiger charge is -2.35. The van der Waals surface area contributed by atoms with Crippen LogP contribution in [-0.2, 0) is 9.59 Å². The molecular formula is C18H23NO3. The van der Waals surface area contributed by atoms with Gasteiger partial charge >= 0.3 is 5.97 Å². The van der Waals surface area contributed by atoms with E-state index in [1.807, 2.05) is 18.2 Å². The van der Waals surface area contributed by atoms with Crippen molar-refractivity contribution in [1.29, 1.82) is 0 Å². The highest BCUT2D eigenvalue weighted by atomic mass is 16.4. The van der Waals surface area contributed by atoms with Crippen LogP contribution in [0.4, 0.5) is 0 Å². The second-order valence-corrected chi connectivity index (χ2v) is 6.63. The molecule has 0 radical (unpaired) electrons. The molecule has 0 spiro atoms. The van der Waals surface area contributed by atoms with Crippen molar-refractivity contribution < 1.29 is 14.7 Å². The van der Waals surface area contributed by atoms with E-state index in [1.54, 1.807) is 0 Å². The summed E-state index contributed by atoms with van der Waals surface area (Å²) in [5.41, 5.74) is 1.16. The van der Waals surface area contributed by atoms with Gasteiger partial charge in [-0.2, -0.15) is 0 Å². The van der Waals surface area contributed by atoms with Crippen molar-refractivity contribution >= 4 is 11.9 Å².